The zero-order valence-electron chi connectivity index (χ0n) is 12.8. The minimum atomic E-state index is -3.66. The molecule has 0 saturated heterocycles. The maximum absolute atomic E-state index is 12.4. The third-order valence-electron chi connectivity index (χ3n) is 3.38. The lowest BCUT2D eigenvalue weighted by atomic mass is 10.0. The molecule has 2 rings (SSSR count). The molecule has 0 atom stereocenters. The molecule has 0 aliphatic heterocycles. The fraction of sp³-hybridized carbons (Fsp3) is 0.235. The van der Waals surface area contributed by atoms with E-state index < -0.39 is 10.0 Å². The van der Waals surface area contributed by atoms with Gasteiger partial charge < -0.3 is 0 Å². The quantitative estimate of drug-likeness (QED) is 0.853. The summed E-state index contributed by atoms with van der Waals surface area (Å²) in [7, 11) is -3.66. The molecule has 0 amide bonds. The smallest absolute Gasteiger partial charge is 0.261 e. The molecule has 0 aliphatic rings. The zero-order valence-corrected chi connectivity index (χ0v) is 13.6. The lowest BCUT2D eigenvalue weighted by molar-refractivity contribution is 0.101. The first-order valence-corrected chi connectivity index (χ1v) is 8.51. The zero-order chi connectivity index (χ0) is 16.3. The van der Waals surface area contributed by atoms with Crippen molar-refractivity contribution < 1.29 is 13.2 Å². The van der Waals surface area contributed by atoms with Crippen molar-refractivity contribution in [1.82, 2.24) is 0 Å². The van der Waals surface area contributed by atoms with Gasteiger partial charge >= 0.3 is 0 Å². The molecular weight excluding hydrogens is 298 g/mol. The minimum absolute atomic E-state index is 0.109. The van der Waals surface area contributed by atoms with Crippen LogP contribution in [0.2, 0.25) is 0 Å². The Morgan fingerprint density at radius 2 is 1.68 bits per heavy atom. The average molecular weight is 317 g/mol. The summed E-state index contributed by atoms with van der Waals surface area (Å²) in [4.78, 5) is 11.6. The monoisotopic (exact) mass is 317 g/mol. The molecule has 0 bridgehead atoms. The molecule has 1 N–H and O–H groups in total. The Kier molecular flexibility index (Phi) is 4.66. The third-order valence-corrected chi connectivity index (χ3v) is 4.78. The Morgan fingerprint density at radius 1 is 1.05 bits per heavy atom. The molecule has 0 aromatic heterocycles. The number of nitrogens with one attached hydrogen (secondary N) is 1. The lowest BCUT2D eigenvalue weighted by Crippen LogP contribution is -2.13. The molecule has 0 heterocycles. The number of Topliss-reactive ketones (excluding diaryl/α,β-unsaturated/α-hetero) is 1. The molecule has 0 saturated carbocycles. The highest BCUT2D eigenvalue weighted by molar-refractivity contribution is 7.92. The molecule has 2 aromatic rings. The van der Waals surface area contributed by atoms with Gasteiger partial charge in [0.25, 0.3) is 10.0 Å². The maximum atomic E-state index is 12.4. The Hall–Kier alpha value is -2.14. The van der Waals surface area contributed by atoms with Crippen molar-refractivity contribution in [3.63, 3.8) is 0 Å². The largest absolute Gasteiger partial charge is 0.295 e. The normalized spacial score (nSPS) is 11.5. The molecule has 0 aliphatic carbocycles. The molecule has 0 spiro atoms. The van der Waals surface area contributed by atoms with E-state index in [2.05, 4.69) is 18.6 Å². The summed E-state index contributed by atoms with van der Waals surface area (Å²) in [5.74, 6) is 0.235. The first-order valence-electron chi connectivity index (χ1n) is 7.03. The molecular formula is C17H19NO3S. The predicted octanol–water partition coefficient (Wildman–Crippen LogP) is 3.81. The number of sulfonamides is 1. The minimum Gasteiger partial charge on any atom is -0.295 e. The van der Waals surface area contributed by atoms with E-state index in [1.165, 1.54) is 13.0 Å². The van der Waals surface area contributed by atoms with Gasteiger partial charge in [-0.3, -0.25) is 9.52 Å². The van der Waals surface area contributed by atoms with Crippen LogP contribution in [0.25, 0.3) is 0 Å². The van der Waals surface area contributed by atoms with Crippen molar-refractivity contribution in [2.75, 3.05) is 4.72 Å². The highest BCUT2D eigenvalue weighted by Crippen LogP contribution is 2.20. The van der Waals surface area contributed by atoms with Crippen LogP contribution >= 0.6 is 0 Å². The second kappa shape index (κ2) is 6.32. The van der Waals surface area contributed by atoms with Crippen molar-refractivity contribution >= 4 is 21.5 Å². The highest BCUT2D eigenvalue weighted by atomic mass is 32.2. The van der Waals surface area contributed by atoms with Crippen LogP contribution in [0.1, 0.15) is 42.6 Å². The van der Waals surface area contributed by atoms with Crippen LogP contribution in [-0.2, 0) is 10.0 Å². The molecule has 0 fully saturated rings. The fourth-order valence-electron chi connectivity index (χ4n) is 2.05. The van der Waals surface area contributed by atoms with Gasteiger partial charge in [0, 0.05) is 11.3 Å². The molecule has 116 valence electrons. The van der Waals surface area contributed by atoms with E-state index >= 15 is 0 Å². The van der Waals surface area contributed by atoms with Crippen LogP contribution in [0.3, 0.4) is 0 Å². The molecule has 22 heavy (non-hydrogen) atoms. The molecule has 5 heteroatoms. The van der Waals surface area contributed by atoms with E-state index in [-0.39, 0.29) is 10.7 Å². The Labute approximate surface area is 131 Å². The van der Waals surface area contributed by atoms with Crippen LogP contribution in [0.4, 0.5) is 5.69 Å². The number of benzene rings is 2. The summed E-state index contributed by atoms with van der Waals surface area (Å²) >= 11 is 0. The van der Waals surface area contributed by atoms with Crippen molar-refractivity contribution in [2.45, 2.75) is 31.6 Å². The molecule has 2 aromatic carbocycles. The molecule has 4 nitrogen and oxygen atoms in total. The topological polar surface area (TPSA) is 63.2 Å². The van der Waals surface area contributed by atoms with Gasteiger partial charge in [-0.05, 0) is 42.7 Å². The third kappa shape index (κ3) is 3.74. The van der Waals surface area contributed by atoms with Gasteiger partial charge in [0.1, 0.15) is 0 Å². The van der Waals surface area contributed by atoms with E-state index in [1.807, 2.05) is 12.1 Å². The summed E-state index contributed by atoms with van der Waals surface area (Å²) < 4.78 is 27.2. The van der Waals surface area contributed by atoms with E-state index in [4.69, 9.17) is 0 Å². The standard InChI is InChI=1S/C17H19NO3S/c1-12(2)14-7-9-17(10-8-14)22(20,21)18-16-6-4-5-15(11-16)13(3)19/h4-12,18H,1-3H3. The van der Waals surface area contributed by atoms with Crippen LogP contribution in [0, 0.1) is 0 Å². The number of rotatable bonds is 5. The predicted molar refractivity (Wildman–Crippen MR) is 87.8 cm³/mol. The second-order valence-corrected chi connectivity index (χ2v) is 7.15. The number of carbonyl (C=O) groups excluding carboxylic acids is 1. The van der Waals surface area contributed by atoms with Gasteiger partial charge in [0.05, 0.1) is 4.90 Å². The van der Waals surface area contributed by atoms with Gasteiger partial charge in [-0.25, -0.2) is 8.42 Å². The first-order chi connectivity index (χ1) is 10.3. The van der Waals surface area contributed by atoms with Gasteiger partial charge in [-0.15, -0.1) is 0 Å². The van der Waals surface area contributed by atoms with Crippen LogP contribution < -0.4 is 4.72 Å². The number of ketones is 1. The van der Waals surface area contributed by atoms with Crippen molar-refractivity contribution in [2.24, 2.45) is 0 Å². The van der Waals surface area contributed by atoms with Crippen LogP contribution in [0.15, 0.2) is 53.4 Å². The van der Waals surface area contributed by atoms with E-state index in [1.54, 1.807) is 30.3 Å². The Bertz CT molecular complexity index is 778. The first kappa shape index (κ1) is 16.2. The second-order valence-electron chi connectivity index (χ2n) is 5.47. The molecule has 0 unspecified atom stereocenters. The molecule has 0 radical (unpaired) electrons. The van der Waals surface area contributed by atoms with E-state index in [9.17, 15) is 13.2 Å². The van der Waals surface area contributed by atoms with Crippen molar-refractivity contribution in [3.8, 4) is 0 Å². The van der Waals surface area contributed by atoms with Crippen LogP contribution in [0.5, 0.6) is 0 Å². The Morgan fingerprint density at radius 3 is 2.23 bits per heavy atom. The average Bonchev–Trinajstić information content (AvgIpc) is 2.47. The van der Waals surface area contributed by atoms with Gasteiger partial charge in [-0.2, -0.15) is 0 Å². The summed E-state index contributed by atoms with van der Waals surface area (Å²) in [6, 6.07) is 13.2. The van der Waals surface area contributed by atoms with E-state index in [0.29, 0.717) is 17.2 Å². The van der Waals surface area contributed by atoms with Gasteiger partial charge in [0.15, 0.2) is 5.78 Å². The summed E-state index contributed by atoms with van der Waals surface area (Å²) in [6.45, 7) is 5.54. The number of hydrogen-bond donors (Lipinski definition) is 1. The number of carbonyl (C=O) groups is 1. The van der Waals surface area contributed by atoms with Gasteiger partial charge in [0.2, 0.25) is 0 Å². The number of hydrogen-bond acceptors (Lipinski definition) is 3. The van der Waals surface area contributed by atoms with Crippen molar-refractivity contribution in [1.29, 1.82) is 0 Å². The SMILES string of the molecule is CC(=O)c1cccc(NS(=O)(=O)c2ccc(C(C)C)cc2)c1. The highest BCUT2D eigenvalue weighted by Gasteiger charge is 2.15. The van der Waals surface area contributed by atoms with Gasteiger partial charge in [-0.1, -0.05) is 38.1 Å². The Balaban J connectivity index is 2.27. The summed E-state index contributed by atoms with van der Waals surface area (Å²) in [5, 5.41) is 0. The summed E-state index contributed by atoms with van der Waals surface area (Å²) in [5.41, 5.74) is 1.92. The van der Waals surface area contributed by atoms with E-state index in [0.717, 1.165) is 5.56 Å². The fourth-order valence-corrected chi connectivity index (χ4v) is 3.10. The van der Waals surface area contributed by atoms with Crippen LogP contribution in [-0.4, -0.2) is 14.2 Å². The summed E-state index contributed by atoms with van der Waals surface area (Å²) in [6.07, 6.45) is 0. The van der Waals surface area contributed by atoms with Crippen molar-refractivity contribution in [3.05, 3.63) is 59.7 Å². The lowest BCUT2D eigenvalue weighted by Gasteiger charge is -2.10. The number of anilines is 1. The maximum Gasteiger partial charge on any atom is 0.261 e.